The summed E-state index contributed by atoms with van der Waals surface area (Å²) in [5.74, 6) is -2.06. The minimum atomic E-state index is -4.71. The Kier molecular flexibility index (Phi) is 6.11. The molecule has 0 saturated carbocycles. The van der Waals surface area contributed by atoms with Crippen molar-refractivity contribution in [2.45, 2.75) is 32.0 Å². The Hall–Kier alpha value is -3.43. The fourth-order valence-corrected chi connectivity index (χ4v) is 3.54. The summed E-state index contributed by atoms with van der Waals surface area (Å²) in [7, 11) is 0. The van der Waals surface area contributed by atoms with Crippen LogP contribution in [0.3, 0.4) is 0 Å². The van der Waals surface area contributed by atoms with Gasteiger partial charge in [-0.2, -0.15) is 13.2 Å². The first kappa shape index (κ1) is 21.8. The van der Waals surface area contributed by atoms with Crippen LogP contribution in [0.25, 0.3) is 11.5 Å². The summed E-state index contributed by atoms with van der Waals surface area (Å²) in [6, 6.07) is 12.0. The lowest BCUT2D eigenvalue weighted by molar-refractivity contribution is -0.156. The molecule has 2 aromatic carbocycles. The van der Waals surface area contributed by atoms with Crippen LogP contribution in [0.4, 0.5) is 28.0 Å². The zero-order valence-corrected chi connectivity index (χ0v) is 17.0. The number of rotatable bonds is 4. The number of likely N-dealkylation sites (tertiary alicyclic amines) is 1. The molecule has 0 spiro atoms. The summed E-state index contributed by atoms with van der Waals surface area (Å²) < 4.78 is 56.1. The summed E-state index contributed by atoms with van der Waals surface area (Å²) in [5, 5.41) is 6.47. The van der Waals surface area contributed by atoms with Crippen LogP contribution in [0.2, 0.25) is 0 Å². The summed E-state index contributed by atoms with van der Waals surface area (Å²) in [5.41, 5.74) is 1.62. The third-order valence-corrected chi connectivity index (χ3v) is 5.20. The molecule has 1 aromatic heterocycles. The van der Waals surface area contributed by atoms with Crippen molar-refractivity contribution < 1.29 is 26.8 Å². The van der Waals surface area contributed by atoms with E-state index in [1.54, 1.807) is 46.2 Å². The molecule has 4 rings (SSSR count). The Morgan fingerprint density at radius 2 is 1.62 bits per heavy atom. The van der Waals surface area contributed by atoms with E-state index in [-0.39, 0.29) is 18.5 Å². The lowest BCUT2D eigenvalue weighted by atomic mass is 10.1. The van der Waals surface area contributed by atoms with Gasteiger partial charge in [-0.1, -0.05) is 12.1 Å². The van der Waals surface area contributed by atoms with E-state index >= 15 is 0 Å². The zero-order chi connectivity index (χ0) is 22.7. The topological polar surface area (TPSA) is 62.5 Å². The van der Waals surface area contributed by atoms with Crippen LogP contribution >= 0.6 is 0 Å². The minimum Gasteiger partial charge on any atom is -0.413 e. The lowest BCUT2D eigenvalue weighted by Crippen LogP contribution is -2.45. The predicted molar refractivity (Wildman–Crippen MR) is 108 cm³/mol. The van der Waals surface area contributed by atoms with E-state index in [0.29, 0.717) is 24.3 Å². The molecule has 2 heterocycles. The molecule has 1 aliphatic heterocycles. The molecule has 0 unspecified atom stereocenters. The molecule has 0 N–H and O–H groups in total. The van der Waals surface area contributed by atoms with Gasteiger partial charge >= 0.3 is 18.1 Å². The highest BCUT2D eigenvalue weighted by molar-refractivity contribution is 5.92. The Morgan fingerprint density at radius 3 is 2.22 bits per heavy atom. The number of urea groups is 1. The van der Waals surface area contributed by atoms with Gasteiger partial charge in [0.1, 0.15) is 5.82 Å². The largest absolute Gasteiger partial charge is 0.470 e. The van der Waals surface area contributed by atoms with Crippen molar-refractivity contribution in [2.75, 3.05) is 18.0 Å². The molecule has 1 fully saturated rings. The Bertz CT molecular complexity index is 1060. The van der Waals surface area contributed by atoms with Gasteiger partial charge in [-0.15, -0.1) is 10.2 Å². The van der Waals surface area contributed by atoms with E-state index < -0.39 is 17.9 Å². The maximum Gasteiger partial charge on any atom is 0.470 e. The molecule has 0 aliphatic carbocycles. The van der Waals surface area contributed by atoms with Gasteiger partial charge < -0.3 is 9.32 Å². The number of amides is 2. The fraction of sp³-hybridized carbons (Fsp3) is 0.318. The van der Waals surface area contributed by atoms with Crippen molar-refractivity contribution in [3.05, 3.63) is 65.8 Å². The van der Waals surface area contributed by atoms with Gasteiger partial charge in [-0.3, -0.25) is 4.90 Å². The third-order valence-electron chi connectivity index (χ3n) is 5.20. The number of benzene rings is 2. The number of piperidine rings is 1. The van der Waals surface area contributed by atoms with Crippen molar-refractivity contribution >= 4 is 11.7 Å². The molecule has 3 aromatic rings. The van der Waals surface area contributed by atoms with Crippen LogP contribution in [-0.2, 0) is 12.7 Å². The van der Waals surface area contributed by atoms with Gasteiger partial charge in [-0.05, 0) is 61.2 Å². The number of nitrogens with zero attached hydrogens (tertiary/aromatic N) is 4. The highest BCUT2D eigenvalue weighted by atomic mass is 19.4. The van der Waals surface area contributed by atoms with E-state index in [9.17, 15) is 22.4 Å². The second kappa shape index (κ2) is 8.97. The van der Waals surface area contributed by atoms with Crippen molar-refractivity contribution in [2.24, 2.45) is 0 Å². The van der Waals surface area contributed by atoms with E-state index in [2.05, 4.69) is 10.2 Å². The average molecular weight is 448 g/mol. The first-order valence-corrected chi connectivity index (χ1v) is 10.1. The molecular weight excluding hydrogens is 428 g/mol. The normalized spacial score (nSPS) is 14.4. The third kappa shape index (κ3) is 4.90. The van der Waals surface area contributed by atoms with Crippen LogP contribution in [0.1, 0.15) is 30.7 Å². The maximum absolute atomic E-state index is 13.4. The number of halogens is 4. The first-order chi connectivity index (χ1) is 15.3. The number of carbonyl (C=O) groups is 1. The van der Waals surface area contributed by atoms with Crippen molar-refractivity contribution in [3.63, 3.8) is 0 Å². The second-order valence-corrected chi connectivity index (χ2v) is 7.50. The Balaban J connectivity index is 1.55. The van der Waals surface area contributed by atoms with E-state index in [0.717, 1.165) is 24.8 Å². The standard InChI is InChI=1S/C22H20F4N4O2/c23-17-8-10-18(11-9-17)30(21(31)29-12-2-1-3-13-29)14-15-4-6-16(7-5-15)19-27-28-20(32-19)22(24,25)26/h4-11H,1-3,12-14H2. The first-order valence-electron chi connectivity index (χ1n) is 10.1. The van der Waals surface area contributed by atoms with E-state index in [1.165, 1.54) is 12.1 Å². The quantitative estimate of drug-likeness (QED) is 0.494. The Labute approximate surface area is 181 Å². The van der Waals surface area contributed by atoms with Gasteiger partial charge in [0, 0.05) is 24.3 Å². The van der Waals surface area contributed by atoms with E-state index in [4.69, 9.17) is 4.42 Å². The number of carbonyl (C=O) groups excluding carboxylic acids is 1. The van der Waals surface area contributed by atoms with Crippen LogP contribution in [0.15, 0.2) is 52.9 Å². The van der Waals surface area contributed by atoms with Gasteiger partial charge in [0.2, 0.25) is 5.89 Å². The Morgan fingerprint density at radius 1 is 0.969 bits per heavy atom. The highest BCUT2D eigenvalue weighted by Crippen LogP contribution is 2.30. The lowest BCUT2D eigenvalue weighted by Gasteiger charge is -2.33. The van der Waals surface area contributed by atoms with Crippen LogP contribution in [0, 0.1) is 5.82 Å². The average Bonchev–Trinajstić information content (AvgIpc) is 3.30. The predicted octanol–water partition coefficient (Wildman–Crippen LogP) is 5.51. The van der Waals surface area contributed by atoms with Gasteiger partial charge in [0.05, 0.1) is 6.54 Å². The molecule has 1 saturated heterocycles. The maximum atomic E-state index is 13.4. The number of anilines is 1. The van der Waals surface area contributed by atoms with Crippen molar-refractivity contribution in [3.8, 4) is 11.5 Å². The van der Waals surface area contributed by atoms with Crippen molar-refractivity contribution in [1.82, 2.24) is 15.1 Å². The molecule has 2 amide bonds. The molecule has 0 bridgehead atoms. The monoisotopic (exact) mass is 448 g/mol. The summed E-state index contributed by atoms with van der Waals surface area (Å²) in [4.78, 5) is 16.5. The SMILES string of the molecule is O=C(N1CCCCC1)N(Cc1ccc(-c2nnc(C(F)(F)F)o2)cc1)c1ccc(F)cc1. The number of hydrogen-bond acceptors (Lipinski definition) is 4. The summed E-state index contributed by atoms with van der Waals surface area (Å²) in [6.07, 6.45) is -1.77. The smallest absolute Gasteiger partial charge is 0.413 e. The molecule has 1 aliphatic rings. The molecular formula is C22H20F4N4O2. The zero-order valence-electron chi connectivity index (χ0n) is 17.0. The second-order valence-electron chi connectivity index (χ2n) is 7.50. The molecule has 10 heteroatoms. The minimum absolute atomic E-state index is 0.174. The molecule has 32 heavy (non-hydrogen) atoms. The van der Waals surface area contributed by atoms with Gasteiger partial charge in [0.25, 0.3) is 0 Å². The van der Waals surface area contributed by atoms with Gasteiger partial charge in [-0.25, -0.2) is 9.18 Å². The highest BCUT2D eigenvalue weighted by Gasteiger charge is 2.38. The molecule has 6 nitrogen and oxygen atoms in total. The molecule has 0 radical (unpaired) electrons. The summed E-state index contributed by atoms with van der Waals surface area (Å²) in [6.45, 7) is 1.53. The van der Waals surface area contributed by atoms with E-state index in [1.807, 2.05) is 0 Å². The van der Waals surface area contributed by atoms with Crippen molar-refractivity contribution in [1.29, 1.82) is 0 Å². The van der Waals surface area contributed by atoms with Crippen LogP contribution in [0.5, 0.6) is 0 Å². The summed E-state index contributed by atoms with van der Waals surface area (Å²) >= 11 is 0. The van der Waals surface area contributed by atoms with Crippen LogP contribution in [-0.4, -0.2) is 34.2 Å². The number of alkyl halides is 3. The fourth-order valence-electron chi connectivity index (χ4n) is 3.54. The molecule has 0 atom stereocenters. The number of hydrogen-bond donors (Lipinski definition) is 0. The van der Waals surface area contributed by atoms with Crippen LogP contribution < -0.4 is 4.90 Å². The number of aromatic nitrogens is 2. The molecule has 168 valence electrons. The van der Waals surface area contributed by atoms with Gasteiger partial charge in [0.15, 0.2) is 0 Å².